The largest absolute Gasteiger partial charge is 0.492 e. The van der Waals surface area contributed by atoms with E-state index in [1.54, 1.807) is 30.3 Å². The molecule has 14 heteroatoms. The van der Waals surface area contributed by atoms with Crippen molar-refractivity contribution >= 4 is 35.8 Å². The van der Waals surface area contributed by atoms with Crippen LogP contribution in [0.25, 0.3) is 11.1 Å². The van der Waals surface area contributed by atoms with E-state index in [1.165, 1.54) is 53.4 Å². The molecular formula is C47H61FO13. The smallest absolute Gasteiger partial charge is 0.417 e. The molecule has 0 aromatic heterocycles. The molecule has 0 saturated heterocycles. The van der Waals surface area contributed by atoms with Gasteiger partial charge in [0.05, 0.1) is 19.8 Å². The molecule has 1 fully saturated rings. The Balaban J connectivity index is 1.97. The van der Waals surface area contributed by atoms with E-state index in [4.69, 9.17) is 33.2 Å². The standard InChI is InChI=1S/C47H61FO13/c1-8-11-12-14-33-16-18-34(19-17-33)35-20-22-38(39(48)26-35)36-21-23-40(37(25-36)15-13-24-57-41(49)31(4)5)58-27-47(28-59-42(50)32(6)7,29-60-45(53)43(51)55-9-2)30-61-46(54)44(52)56-10-3/h20-23,25-26,33-34H,4,6,8-19,24,27-30H2,1-3,5,7H3. The second-order valence-electron chi connectivity index (χ2n) is 15.5. The van der Waals surface area contributed by atoms with Crippen LogP contribution < -0.4 is 4.74 Å². The van der Waals surface area contributed by atoms with Crippen molar-refractivity contribution in [2.24, 2.45) is 11.3 Å². The number of ether oxygens (including phenoxy) is 7. The molecule has 3 rings (SSSR count). The maximum absolute atomic E-state index is 16.0. The predicted octanol–water partition coefficient (Wildman–Crippen LogP) is 8.10. The van der Waals surface area contributed by atoms with Gasteiger partial charge in [-0.3, -0.25) is 0 Å². The number of rotatable bonds is 23. The summed E-state index contributed by atoms with van der Waals surface area (Å²) in [4.78, 5) is 74.2. The van der Waals surface area contributed by atoms with Crippen molar-refractivity contribution in [3.63, 3.8) is 0 Å². The van der Waals surface area contributed by atoms with Gasteiger partial charge in [-0.2, -0.15) is 0 Å². The molecule has 0 atom stereocenters. The molecule has 2 aromatic rings. The van der Waals surface area contributed by atoms with Crippen LogP contribution in [0.4, 0.5) is 4.39 Å². The summed E-state index contributed by atoms with van der Waals surface area (Å²) in [6.07, 6.45) is 9.91. The number of carbonyl (C=O) groups is 6. The van der Waals surface area contributed by atoms with Crippen molar-refractivity contribution in [2.45, 2.75) is 105 Å². The van der Waals surface area contributed by atoms with Gasteiger partial charge in [-0.1, -0.05) is 64.0 Å². The number of unbranched alkanes of at least 4 members (excludes halogenated alkanes) is 2. The van der Waals surface area contributed by atoms with Crippen LogP contribution >= 0.6 is 0 Å². The van der Waals surface area contributed by atoms with Crippen LogP contribution in [0.5, 0.6) is 5.75 Å². The summed E-state index contributed by atoms with van der Waals surface area (Å²) < 4.78 is 53.0. The zero-order chi connectivity index (χ0) is 45.0. The van der Waals surface area contributed by atoms with Gasteiger partial charge in [0.25, 0.3) is 0 Å². The number of benzene rings is 2. The van der Waals surface area contributed by atoms with Crippen LogP contribution in [0.2, 0.25) is 0 Å². The lowest BCUT2D eigenvalue weighted by molar-refractivity contribution is -0.178. The fraction of sp³-hybridized carbons (Fsp3) is 0.532. The lowest BCUT2D eigenvalue weighted by Gasteiger charge is -2.32. The van der Waals surface area contributed by atoms with Gasteiger partial charge in [0, 0.05) is 16.7 Å². The van der Waals surface area contributed by atoms with E-state index in [1.807, 2.05) is 6.07 Å². The monoisotopic (exact) mass is 852 g/mol. The van der Waals surface area contributed by atoms with Crippen LogP contribution in [0.3, 0.4) is 0 Å². The first-order chi connectivity index (χ1) is 29.1. The van der Waals surface area contributed by atoms with Crippen molar-refractivity contribution in [2.75, 3.05) is 46.2 Å². The van der Waals surface area contributed by atoms with Gasteiger partial charge >= 0.3 is 35.8 Å². The molecule has 0 bridgehead atoms. The van der Waals surface area contributed by atoms with E-state index in [9.17, 15) is 28.8 Å². The van der Waals surface area contributed by atoms with E-state index >= 15 is 4.39 Å². The van der Waals surface area contributed by atoms with Crippen molar-refractivity contribution < 1.29 is 66.3 Å². The quantitative estimate of drug-likeness (QED) is 0.0346. The highest BCUT2D eigenvalue weighted by molar-refractivity contribution is 6.30. The Morgan fingerprint density at radius 2 is 1.21 bits per heavy atom. The van der Waals surface area contributed by atoms with Crippen molar-refractivity contribution in [3.8, 4) is 16.9 Å². The van der Waals surface area contributed by atoms with Crippen molar-refractivity contribution in [3.05, 3.63) is 77.6 Å². The fourth-order valence-electron chi connectivity index (χ4n) is 6.88. The van der Waals surface area contributed by atoms with Crippen LogP contribution in [-0.2, 0) is 63.6 Å². The molecule has 0 spiro atoms. The lowest BCUT2D eigenvalue weighted by atomic mass is 9.77. The van der Waals surface area contributed by atoms with Crippen LogP contribution in [0.1, 0.15) is 109 Å². The normalized spacial score (nSPS) is 14.9. The van der Waals surface area contributed by atoms with E-state index in [0.29, 0.717) is 29.0 Å². The molecule has 2 aromatic carbocycles. The molecule has 1 saturated carbocycles. The van der Waals surface area contributed by atoms with Gasteiger partial charge < -0.3 is 33.2 Å². The molecule has 0 unspecified atom stereocenters. The number of hydrogen-bond acceptors (Lipinski definition) is 13. The minimum atomic E-state index is -1.72. The summed E-state index contributed by atoms with van der Waals surface area (Å²) in [6, 6.07) is 10.4. The third-order valence-corrected chi connectivity index (χ3v) is 10.4. The number of carbonyl (C=O) groups excluding carboxylic acids is 6. The van der Waals surface area contributed by atoms with E-state index in [2.05, 4.69) is 20.1 Å². The first kappa shape index (κ1) is 49.8. The summed E-state index contributed by atoms with van der Waals surface area (Å²) in [5, 5.41) is 0. The highest BCUT2D eigenvalue weighted by Crippen LogP contribution is 2.39. The number of hydrogen-bond donors (Lipinski definition) is 0. The Morgan fingerprint density at radius 3 is 1.75 bits per heavy atom. The minimum Gasteiger partial charge on any atom is -0.492 e. The second kappa shape index (κ2) is 25.3. The number of esters is 6. The molecule has 0 heterocycles. The molecule has 13 nitrogen and oxygen atoms in total. The number of aryl methyl sites for hydroxylation is 1. The summed E-state index contributed by atoms with van der Waals surface area (Å²) in [5.41, 5.74) is 1.00. The SMILES string of the molecule is C=C(C)C(=O)OCCCc1cc(-c2ccc(C3CCC(CCCCC)CC3)cc2F)ccc1OCC(COC(=O)C(=C)C)(COC(=O)C(=O)OCC)COC(=O)C(=O)OCC. The van der Waals surface area contributed by atoms with E-state index in [0.717, 1.165) is 37.2 Å². The third kappa shape index (κ3) is 16.1. The third-order valence-electron chi connectivity index (χ3n) is 10.4. The van der Waals surface area contributed by atoms with E-state index in [-0.39, 0.29) is 49.0 Å². The van der Waals surface area contributed by atoms with Gasteiger partial charge in [0.1, 0.15) is 43.4 Å². The first-order valence-electron chi connectivity index (χ1n) is 21.0. The summed E-state index contributed by atoms with van der Waals surface area (Å²) in [5.74, 6) is -5.84. The van der Waals surface area contributed by atoms with Gasteiger partial charge in [-0.15, -0.1) is 0 Å². The molecule has 334 valence electrons. The molecule has 1 aliphatic rings. The molecule has 1 aliphatic carbocycles. The van der Waals surface area contributed by atoms with Crippen LogP contribution in [0, 0.1) is 17.2 Å². The topological polar surface area (TPSA) is 167 Å². The molecule has 61 heavy (non-hydrogen) atoms. The molecular weight excluding hydrogens is 792 g/mol. The molecule has 0 N–H and O–H groups in total. The van der Waals surface area contributed by atoms with E-state index < -0.39 is 67.7 Å². The lowest BCUT2D eigenvalue weighted by Crippen LogP contribution is -2.45. The zero-order valence-electron chi connectivity index (χ0n) is 36.2. The van der Waals surface area contributed by atoms with Gasteiger partial charge in [-0.05, 0) is 113 Å². The van der Waals surface area contributed by atoms with Crippen molar-refractivity contribution in [1.29, 1.82) is 0 Å². The summed E-state index contributed by atoms with van der Waals surface area (Å²) >= 11 is 0. The fourth-order valence-corrected chi connectivity index (χ4v) is 6.88. The second-order valence-corrected chi connectivity index (χ2v) is 15.5. The minimum absolute atomic E-state index is 0.0255. The van der Waals surface area contributed by atoms with Gasteiger partial charge in [-0.25, -0.2) is 33.2 Å². The average molecular weight is 853 g/mol. The highest BCUT2D eigenvalue weighted by atomic mass is 19.1. The Labute approximate surface area is 358 Å². The molecule has 0 aliphatic heterocycles. The highest BCUT2D eigenvalue weighted by Gasteiger charge is 2.39. The number of halogens is 1. The first-order valence-corrected chi connectivity index (χ1v) is 21.0. The maximum Gasteiger partial charge on any atom is 0.417 e. The predicted molar refractivity (Wildman–Crippen MR) is 224 cm³/mol. The average Bonchev–Trinajstić information content (AvgIpc) is 3.24. The Kier molecular flexibility index (Phi) is 20.7. The summed E-state index contributed by atoms with van der Waals surface area (Å²) in [6.45, 7) is 12.6. The van der Waals surface area contributed by atoms with Gasteiger partial charge in [0.2, 0.25) is 0 Å². The Hall–Kier alpha value is -5.53. The Bertz CT molecular complexity index is 1830. The van der Waals surface area contributed by atoms with Crippen LogP contribution in [0.15, 0.2) is 60.7 Å². The van der Waals surface area contributed by atoms with Gasteiger partial charge in [0.15, 0.2) is 0 Å². The summed E-state index contributed by atoms with van der Waals surface area (Å²) in [7, 11) is 0. The molecule has 0 radical (unpaired) electrons. The Morgan fingerprint density at radius 1 is 0.656 bits per heavy atom. The zero-order valence-corrected chi connectivity index (χ0v) is 36.2. The maximum atomic E-state index is 16.0. The molecule has 0 amide bonds. The van der Waals surface area contributed by atoms with Crippen LogP contribution in [-0.4, -0.2) is 82.1 Å². The van der Waals surface area contributed by atoms with Crippen molar-refractivity contribution in [1.82, 2.24) is 0 Å².